The standard InChI is InChI=1S/C26H17N3S/c1-5-11-19-14(7-1)23-22-15-8-2-6-12-20(15)30-21(22)13-16-24-26(29(19)25(16)23)28-18-10-4-3-9-17(18)27-24/h1-13,17-18,27-28H. The summed E-state index contributed by atoms with van der Waals surface area (Å²) in [5.41, 5.74) is 3.81. The highest BCUT2D eigenvalue weighted by molar-refractivity contribution is 7.26. The van der Waals surface area contributed by atoms with Gasteiger partial charge in [0.05, 0.1) is 28.8 Å². The van der Waals surface area contributed by atoms with Gasteiger partial charge in [-0.25, -0.2) is 0 Å². The number of rotatable bonds is 0. The first kappa shape index (κ1) is 15.4. The van der Waals surface area contributed by atoms with E-state index in [-0.39, 0.29) is 12.1 Å². The average molecular weight is 404 g/mol. The van der Waals surface area contributed by atoms with E-state index in [1.807, 2.05) is 11.3 Å². The summed E-state index contributed by atoms with van der Waals surface area (Å²) in [6.45, 7) is 0. The molecule has 0 saturated heterocycles. The third kappa shape index (κ3) is 1.69. The van der Waals surface area contributed by atoms with Crippen LogP contribution in [0.4, 0.5) is 11.5 Å². The molecule has 4 heterocycles. The van der Waals surface area contributed by atoms with E-state index in [0.717, 1.165) is 0 Å². The Kier molecular flexibility index (Phi) is 2.64. The van der Waals surface area contributed by atoms with Crippen molar-refractivity contribution in [2.75, 3.05) is 10.6 Å². The van der Waals surface area contributed by atoms with Crippen molar-refractivity contribution in [3.8, 4) is 0 Å². The molecule has 0 radical (unpaired) electrons. The van der Waals surface area contributed by atoms with Crippen LogP contribution in [0.2, 0.25) is 0 Å². The molecule has 30 heavy (non-hydrogen) atoms. The Bertz CT molecular complexity index is 1720. The van der Waals surface area contributed by atoms with Crippen LogP contribution < -0.4 is 10.6 Å². The van der Waals surface area contributed by atoms with Gasteiger partial charge in [-0.1, -0.05) is 60.7 Å². The summed E-state index contributed by atoms with van der Waals surface area (Å²) in [5, 5.41) is 14.4. The van der Waals surface area contributed by atoms with E-state index in [1.165, 1.54) is 58.9 Å². The smallest absolute Gasteiger partial charge is 0.136 e. The van der Waals surface area contributed by atoms with Crippen LogP contribution in [0, 0.1) is 0 Å². The van der Waals surface area contributed by atoms with Gasteiger partial charge in [-0.05, 0) is 18.2 Å². The monoisotopic (exact) mass is 403 g/mol. The lowest BCUT2D eigenvalue weighted by molar-refractivity contribution is 0.760. The fraction of sp³-hybridized carbons (Fsp3) is 0.0769. The molecule has 142 valence electrons. The van der Waals surface area contributed by atoms with Gasteiger partial charge >= 0.3 is 0 Å². The summed E-state index contributed by atoms with van der Waals surface area (Å²) < 4.78 is 5.16. The number of fused-ring (bicyclic) bond motifs is 11. The lowest BCUT2D eigenvalue weighted by Gasteiger charge is -2.33. The van der Waals surface area contributed by atoms with Crippen LogP contribution in [-0.2, 0) is 0 Å². The fourth-order valence-corrected chi connectivity index (χ4v) is 6.68. The average Bonchev–Trinajstić information content (AvgIpc) is 3.43. The maximum absolute atomic E-state index is 3.84. The van der Waals surface area contributed by atoms with Gasteiger partial charge in [0.2, 0.25) is 0 Å². The van der Waals surface area contributed by atoms with E-state index in [9.17, 15) is 0 Å². The molecule has 6 aromatic rings. The fourth-order valence-electron chi connectivity index (χ4n) is 5.52. The number of hydrogen-bond acceptors (Lipinski definition) is 3. The summed E-state index contributed by atoms with van der Waals surface area (Å²) in [4.78, 5) is 0. The highest BCUT2D eigenvalue weighted by Gasteiger charge is 2.32. The number of benzene rings is 3. The molecule has 1 aliphatic carbocycles. The third-order valence-corrected chi connectivity index (χ3v) is 7.87. The highest BCUT2D eigenvalue weighted by atomic mass is 32.1. The number of thiophene rings is 1. The number of nitrogens with zero attached hydrogens (tertiary/aromatic N) is 1. The number of allylic oxidation sites excluding steroid dienone is 2. The van der Waals surface area contributed by atoms with E-state index in [2.05, 4.69) is 93.9 Å². The molecule has 3 aromatic carbocycles. The van der Waals surface area contributed by atoms with Crippen LogP contribution in [0.1, 0.15) is 0 Å². The number of nitrogens with one attached hydrogen (secondary N) is 2. The Morgan fingerprint density at radius 2 is 1.50 bits per heavy atom. The van der Waals surface area contributed by atoms with Crippen LogP contribution in [0.25, 0.3) is 47.4 Å². The van der Waals surface area contributed by atoms with Crippen molar-refractivity contribution in [1.29, 1.82) is 0 Å². The molecule has 3 nitrogen and oxygen atoms in total. The van der Waals surface area contributed by atoms with Crippen molar-refractivity contribution in [1.82, 2.24) is 4.40 Å². The highest BCUT2D eigenvalue weighted by Crippen LogP contribution is 2.50. The van der Waals surface area contributed by atoms with Gasteiger partial charge in [0.25, 0.3) is 0 Å². The molecule has 3 aromatic heterocycles. The quantitative estimate of drug-likeness (QED) is 0.294. The zero-order chi connectivity index (χ0) is 19.4. The normalized spacial score (nSPS) is 20.3. The van der Waals surface area contributed by atoms with Gasteiger partial charge in [0, 0.05) is 36.3 Å². The van der Waals surface area contributed by atoms with E-state index in [0.29, 0.717) is 0 Å². The van der Waals surface area contributed by atoms with Crippen molar-refractivity contribution in [2.24, 2.45) is 0 Å². The first-order chi connectivity index (χ1) is 14.9. The number of hydrogen-bond donors (Lipinski definition) is 2. The van der Waals surface area contributed by atoms with Crippen LogP contribution >= 0.6 is 11.3 Å². The molecular formula is C26H17N3S. The Morgan fingerprint density at radius 3 is 2.40 bits per heavy atom. The molecule has 0 bridgehead atoms. The van der Waals surface area contributed by atoms with Gasteiger partial charge in [-0.2, -0.15) is 0 Å². The van der Waals surface area contributed by atoms with Crippen LogP contribution in [-0.4, -0.2) is 16.5 Å². The Morgan fingerprint density at radius 1 is 0.733 bits per heavy atom. The van der Waals surface area contributed by atoms with E-state index >= 15 is 0 Å². The summed E-state index contributed by atoms with van der Waals surface area (Å²) in [7, 11) is 0. The predicted octanol–water partition coefficient (Wildman–Crippen LogP) is 6.75. The molecule has 0 saturated carbocycles. The summed E-state index contributed by atoms with van der Waals surface area (Å²) in [6.07, 6.45) is 8.77. The lowest BCUT2D eigenvalue weighted by atomic mass is 9.99. The number of para-hydroxylation sites is 1. The topological polar surface area (TPSA) is 28.5 Å². The number of aromatic nitrogens is 1. The van der Waals surface area contributed by atoms with E-state index in [1.54, 1.807) is 0 Å². The van der Waals surface area contributed by atoms with E-state index in [4.69, 9.17) is 0 Å². The zero-order valence-electron chi connectivity index (χ0n) is 16.0. The Hall–Kier alpha value is -3.50. The van der Waals surface area contributed by atoms with Crippen molar-refractivity contribution < 1.29 is 0 Å². The molecule has 8 rings (SSSR count). The molecule has 4 heteroatoms. The van der Waals surface area contributed by atoms with Gasteiger partial charge in [0.1, 0.15) is 5.82 Å². The second kappa shape index (κ2) is 5.15. The minimum absolute atomic E-state index is 0.265. The van der Waals surface area contributed by atoms with Crippen molar-refractivity contribution >= 4 is 70.2 Å². The minimum atomic E-state index is 0.265. The Labute approximate surface area is 176 Å². The molecule has 0 spiro atoms. The van der Waals surface area contributed by atoms with Gasteiger partial charge in [0.15, 0.2) is 0 Å². The van der Waals surface area contributed by atoms with Crippen molar-refractivity contribution in [3.63, 3.8) is 0 Å². The lowest BCUT2D eigenvalue weighted by Crippen LogP contribution is -2.41. The summed E-state index contributed by atoms with van der Waals surface area (Å²) >= 11 is 1.90. The number of anilines is 2. The summed E-state index contributed by atoms with van der Waals surface area (Å²) in [6, 6.07) is 20.6. The minimum Gasteiger partial charge on any atom is -0.373 e. The van der Waals surface area contributed by atoms with Gasteiger partial charge in [-0.3, -0.25) is 4.40 Å². The maximum atomic E-state index is 3.84. The first-order valence-corrected chi connectivity index (χ1v) is 11.2. The molecule has 0 amide bonds. The third-order valence-electron chi connectivity index (χ3n) is 6.76. The SMILES string of the molecule is C1=CC2Nc3c(n4c5ccccc5c5c6c(cc3c54)sc3ccccc36)NC2C=C1. The van der Waals surface area contributed by atoms with Crippen LogP contribution in [0.5, 0.6) is 0 Å². The second-order valence-corrected chi connectivity index (χ2v) is 9.39. The predicted molar refractivity (Wildman–Crippen MR) is 130 cm³/mol. The van der Waals surface area contributed by atoms with Crippen molar-refractivity contribution in [2.45, 2.75) is 12.1 Å². The van der Waals surface area contributed by atoms with Crippen molar-refractivity contribution in [3.05, 3.63) is 78.9 Å². The molecular weight excluding hydrogens is 386 g/mol. The maximum Gasteiger partial charge on any atom is 0.136 e. The molecule has 2 atom stereocenters. The first-order valence-electron chi connectivity index (χ1n) is 10.4. The van der Waals surface area contributed by atoms with E-state index < -0.39 is 0 Å². The molecule has 0 fully saturated rings. The largest absolute Gasteiger partial charge is 0.373 e. The summed E-state index contributed by atoms with van der Waals surface area (Å²) in [5.74, 6) is 1.18. The Balaban J connectivity index is 1.64. The van der Waals surface area contributed by atoms with Crippen LogP contribution in [0.15, 0.2) is 78.9 Å². The van der Waals surface area contributed by atoms with Crippen LogP contribution in [0.3, 0.4) is 0 Å². The molecule has 2 unspecified atom stereocenters. The second-order valence-electron chi connectivity index (χ2n) is 8.31. The molecule has 2 N–H and O–H groups in total. The van der Waals surface area contributed by atoms with Gasteiger partial charge < -0.3 is 10.6 Å². The molecule has 2 aliphatic rings. The van der Waals surface area contributed by atoms with Gasteiger partial charge in [-0.15, -0.1) is 11.3 Å². The molecule has 1 aliphatic heterocycles. The zero-order valence-corrected chi connectivity index (χ0v) is 16.8.